The van der Waals surface area contributed by atoms with E-state index in [1.54, 1.807) is 4.90 Å². The van der Waals surface area contributed by atoms with Crippen LogP contribution in [0.2, 0.25) is 0 Å². The molecule has 1 atom stereocenters. The molecule has 1 aromatic rings. The zero-order valence-electron chi connectivity index (χ0n) is 9.89. The van der Waals surface area contributed by atoms with E-state index in [1.165, 1.54) is 0 Å². The van der Waals surface area contributed by atoms with Gasteiger partial charge in [-0.2, -0.15) is 13.2 Å². The predicted octanol–water partition coefficient (Wildman–Crippen LogP) is 2.64. The van der Waals surface area contributed by atoms with Gasteiger partial charge >= 0.3 is 6.18 Å². The Kier molecular flexibility index (Phi) is 3.47. The maximum atomic E-state index is 13.7. The molecular formula is C12H14F4N2. The number of hydrogen-bond donors (Lipinski definition) is 1. The number of rotatable bonds is 1. The van der Waals surface area contributed by atoms with Crippen LogP contribution in [0, 0.1) is 5.82 Å². The van der Waals surface area contributed by atoms with Gasteiger partial charge in [-0.3, -0.25) is 0 Å². The Balaban J connectivity index is 2.37. The van der Waals surface area contributed by atoms with Gasteiger partial charge in [0.25, 0.3) is 0 Å². The van der Waals surface area contributed by atoms with Gasteiger partial charge in [-0.15, -0.1) is 0 Å². The van der Waals surface area contributed by atoms with Crippen molar-refractivity contribution >= 4 is 5.69 Å². The highest BCUT2D eigenvalue weighted by Crippen LogP contribution is 2.33. The van der Waals surface area contributed by atoms with Gasteiger partial charge in [0.2, 0.25) is 0 Å². The van der Waals surface area contributed by atoms with Crippen molar-refractivity contribution in [1.29, 1.82) is 0 Å². The number of anilines is 1. The summed E-state index contributed by atoms with van der Waals surface area (Å²) in [6, 6.07) is 2.51. The van der Waals surface area contributed by atoms with Crippen LogP contribution in [0.15, 0.2) is 18.2 Å². The standard InChI is InChI=1S/C12H14F4N2/c1-8-7-17-4-5-18(8)11-6-9(12(14,15)16)2-3-10(11)13/h2-3,6,8,17H,4-5,7H2,1H3/t8-/m0/s1. The van der Waals surface area contributed by atoms with Crippen molar-refractivity contribution in [3.8, 4) is 0 Å². The highest BCUT2D eigenvalue weighted by Gasteiger charge is 2.32. The minimum atomic E-state index is -4.44. The molecule has 0 aliphatic carbocycles. The van der Waals surface area contributed by atoms with E-state index >= 15 is 0 Å². The highest BCUT2D eigenvalue weighted by molar-refractivity contribution is 5.52. The smallest absolute Gasteiger partial charge is 0.364 e. The molecule has 1 aromatic carbocycles. The summed E-state index contributed by atoms with van der Waals surface area (Å²) in [4.78, 5) is 1.67. The first-order valence-corrected chi connectivity index (χ1v) is 5.73. The SMILES string of the molecule is C[C@H]1CNCCN1c1cc(C(F)(F)F)ccc1F. The molecule has 100 valence electrons. The van der Waals surface area contributed by atoms with E-state index in [-0.39, 0.29) is 11.7 Å². The molecule has 0 amide bonds. The molecule has 18 heavy (non-hydrogen) atoms. The molecule has 1 N–H and O–H groups in total. The molecule has 1 heterocycles. The molecule has 0 bridgehead atoms. The van der Waals surface area contributed by atoms with Crippen LogP contribution >= 0.6 is 0 Å². The van der Waals surface area contributed by atoms with E-state index < -0.39 is 17.6 Å². The normalized spacial score (nSPS) is 21.2. The average molecular weight is 262 g/mol. The largest absolute Gasteiger partial charge is 0.416 e. The average Bonchev–Trinajstić information content (AvgIpc) is 2.29. The Morgan fingerprint density at radius 2 is 2.06 bits per heavy atom. The lowest BCUT2D eigenvalue weighted by atomic mass is 10.1. The molecule has 2 rings (SSSR count). The van der Waals surface area contributed by atoms with Gasteiger partial charge in [-0.25, -0.2) is 4.39 Å². The van der Waals surface area contributed by atoms with Crippen LogP contribution in [0.1, 0.15) is 12.5 Å². The molecule has 6 heteroatoms. The Morgan fingerprint density at radius 3 is 2.67 bits per heavy atom. The number of alkyl halides is 3. The quantitative estimate of drug-likeness (QED) is 0.783. The van der Waals surface area contributed by atoms with Crippen molar-refractivity contribution < 1.29 is 17.6 Å². The highest BCUT2D eigenvalue weighted by atomic mass is 19.4. The van der Waals surface area contributed by atoms with Gasteiger partial charge in [0, 0.05) is 25.7 Å². The molecule has 0 unspecified atom stereocenters. The van der Waals surface area contributed by atoms with E-state index in [2.05, 4.69) is 5.32 Å². The monoisotopic (exact) mass is 262 g/mol. The summed E-state index contributed by atoms with van der Waals surface area (Å²) in [5.74, 6) is -0.614. The van der Waals surface area contributed by atoms with E-state index in [9.17, 15) is 17.6 Å². The van der Waals surface area contributed by atoms with Crippen LogP contribution in [-0.4, -0.2) is 25.7 Å². The van der Waals surface area contributed by atoms with Gasteiger partial charge in [-0.1, -0.05) is 0 Å². The summed E-state index contributed by atoms with van der Waals surface area (Å²) >= 11 is 0. The second kappa shape index (κ2) is 4.76. The number of piperazine rings is 1. The van der Waals surface area contributed by atoms with Gasteiger partial charge in [0.05, 0.1) is 11.3 Å². The first kappa shape index (κ1) is 13.1. The van der Waals surface area contributed by atoms with Crippen molar-refractivity contribution in [2.24, 2.45) is 0 Å². The summed E-state index contributed by atoms with van der Waals surface area (Å²) in [7, 11) is 0. The first-order chi connectivity index (χ1) is 8.39. The van der Waals surface area contributed by atoms with E-state index in [0.717, 1.165) is 18.2 Å². The molecular weight excluding hydrogens is 248 g/mol. The number of benzene rings is 1. The maximum Gasteiger partial charge on any atom is 0.416 e. The van der Waals surface area contributed by atoms with Crippen molar-refractivity contribution in [3.63, 3.8) is 0 Å². The predicted molar refractivity (Wildman–Crippen MR) is 61.1 cm³/mol. The first-order valence-electron chi connectivity index (χ1n) is 5.73. The van der Waals surface area contributed by atoms with Crippen LogP contribution in [0.5, 0.6) is 0 Å². The topological polar surface area (TPSA) is 15.3 Å². The van der Waals surface area contributed by atoms with Crippen LogP contribution in [-0.2, 0) is 6.18 Å². The summed E-state index contributed by atoms with van der Waals surface area (Å²) in [6.07, 6.45) is -4.44. The molecule has 1 aliphatic rings. The number of hydrogen-bond acceptors (Lipinski definition) is 2. The number of halogens is 4. The molecule has 1 fully saturated rings. The Labute approximate surface area is 103 Å². The van der Waals surface area contributed by atoms with Gasteiger partial charge in [0.15, 0.2) is 0 Å². The second-order valence-electron chi connectivity index (χ2n) is 4.41. The zero-order valence-corrected chi connectivity index (χ0v) is 9.89. The molecule has 1 aliphatic heterocycles. The lowest BCUT2D eigenvalue weighted by molar-refractivity contribution is -0.137. The van der Waals surface area contributed by atoms with Crippen LogP contribution in [0.3, 0.4) is 0 Å². The third-order valence-corrected chi connectivity index (χ3v) is 3.08. The van der Waals surface area contributed by atoms with E-state index in [0.29, 0.717) is 19.6 Å². The minimum Gasteiger partial charge on any atom is -0.364 e. The van der Waals surface area contributed by atoms with Crippen LogP contribution in [0.25, 0.3) is 0 Å². The fraction of sp³-hybridized carbons (Fsp3) is 0.500. The van der Waals surface area contributed by atoms with Gasteiger partial charge in [-0.05, 0) is 25.1 Å². The Bertz CT molecular complexity index is 431. The van der Waals surface area contributed by atoms with E-state index in [1.807, 2.05) is 6.92 Å². The Morgan fingerprint density at radius 1 is 1.33 bits per heavy atom. The van der Waals surface area contributed by atoms with Crippen LogP contribution < -0.4 is 10.2 Å². The minimum absolute atomic E-state index is 0.0267. The fourth-order valence-electron chi connectivity index (χ4n) is 2.11. The van der Waals surface area contributed by atoms with Crippen molar-refractivity contribution in [2.75, 3.05) is 24.5 Å². The van der Waals surface area contributed by atoms with Crippen molar-refractivity contribution in [3.05, 3.63) is 29.6 Å². The maximum absolute atomic E-state index is 13.7. The lowest BCUT2D eigenvalue weighted by Gasteiger charge is -2.36. The third-order valence-electron chi connectivity index (χ3n) is 3.08. The van der Waals surface area contributed by atoms with Crippen molar-refractivity contribution in [2.45, 2.75) is 19.1 Å². The third kappa shape index (κ3) is 2.58. The summed E-state index contributed by atoms with van der Waals surface area (Å²) in [5.41, 5.74) is -0.788. The molecule has 0 aromatic heterocycles. The van der Waals surface area contributed by atoms with Crippen molar-refractivity contribution in [1.82, 2.24) is 5.32 Å². The lowest BCUT2D eigenvalue weighted by Crippen LogP contribution is -2.50. The second-order valence-corrected chi connectivity index (χ2v) is 4.41. The molecule has 0 saturated carbocycles. The fourth-order valence-corrected chi connectivity index (χ4v) is 2.11. The summed E-state index contributed by atoms with van der Waals surface area (Å²) in [5, 5.41) is 3.11. The number of nitrogens with zero attached hydrogens (tertiary/aromatic N) is 1. The summed E-state index contributed by atoms with van der Waals surface area (Å²) < 4.78 is 51.5. The summed E-state index contributed by atoms with van der Waals surface area (Å²) in [6.45, 7) is 3.63. The number of nitrogens with one attached hydrogen (secondary N) is 1. The van der Waals surface area contributed by atoms with E-state index in [4.69, 9.17) is 0 Å². The Hall–Kier alpha value is -1.30. The zero-order chi connectivity index (χ0) is 13.3. The molecule has 0 spiro atoms. The van der Waals surface area contributed by atoms with Crippen LogP contribution in [0.4, 0.5) is 23.2 Å². The molecule has 2 nitrogen and oxygen atoms in total. The molecule has 1 saturated heterocycles. The van der Waals surface area contributed by atoms with Gasteiger partial charge in [0.1, 0.15) is 5.82 Å². The van der Waals surface area contributed by atoms with Gasteiger partial charge < -0.3 is 10.2 Å². The molecule has 0 radical (unpaired) electrons.